The number of rotatable bonds is 3. The van der Waals surface area contributed by atoms with Gasteiger partial charge in [0.1, 0.15) is 0 Å². The number of ether oxygens (including phenoxy) is 1. The highest BCUT2D eigenvalue weighted by Gasteiger charge is 2.27. The molecule has 6 heteroatoms. The summed E-state index contributed by atoms with van der Waals surface area (Å²) in [4.78, 5) is 16.8. The van der Waals surface area contributed by atoms with Crippen LogP contribution in [-0.2, 0) is 9.30 Å². The van der Waals surface area contributed by atoms with E-state index in [2.05, 4.69) is 4.74 Å². The molecule has 0 rings (SSSR count). The molecule has 0 aliphatic carbocycles. The van der Waals surface area contributed by atoms with E-state index in [4.69, 9.17) is 21.4 Å². The Hall–Kier alpha value is 0.400. The van der Waals surface area contributed by atoms with Crippen molar-refractivity contribution in [2.45, 2.75) is 5.85 Å². The second kappa shape index (κ2) is 3.54. The molecule has 0 aromatic rings. The smallest absolute Gasteiger partial charge is 0.355 e. The van der Waals surface area contributed by atoms with Gasteiger partial charge in [-0.1, -0.05) is 0 Å². The standard InChI is InChI=1S/C3H8ClO4P/c1-8-3(2-4)9(5,6)7/h3H,2H2,1H3,(H2,5,6,7). The minimum Gasteiger partial charge on any atom is -0.368 e. The summed E-state index contributed by atoms with van der Waals surface area (Å²) in [6, 6.07) is 0. The fourth-order valence-corrected chi connectivity index (χ4v) is 1.41. The van der Waals surface area contributed by atoms with Crippen LogP contribution in [-0.4, -0.2) is 28.6 Å². The highest BCUT2D eigenvalue weighted by molar-refractivity contribution is 7.52. The van der Waals surface area contributed by atoms with E-state index in [-0.39, 0.29) is 5.88 Å². The average Bonchev–Trinajstić information content (AvgIpc) is 1.65. The van der Waals surface area contributed by atoms with Crippen LogP contribution in [0.3, 0.4) is 0 Å². The topological polar surface area (TPSA) is 66.8 Å². The van der Waals surface area contributed by atoms with Crippen LogP contribution in [0.1, 0.15) is 0 Å². The Labute approximate surface area is 57.9 Å². The van der Waals surface area contributed by atoms with Gasteiger partial charge in [-0.15, -0.1) is 11.6 Å². The van der Waals surface area contributed by atoms with Crippen LogP contribution < -0.4 is 0 Å². The van der Waals surface area contributed by atoms with E-state index in [0.717, 1.165) is 0 Å². The molecule has 0 bridgehead atoms. The molecule has 2 N–H and O–H groups in total. The van der Waals surface area contributed by atoms with Crippen LogP contribution in [0.5, 0.6) is 0 Å². The van der Waals surface area contributed by atoms with Crippen molar-refractivity contribution >= 4 is 19.2 Å². The highest BCUT2D eigenvalue weighted by atomic mass is 35.5. The third kappa shape index (κ3) is 3.18. The summed E-state index contributed by atoms with van der Waals surface area (Å²) in [5.41, 5.74) is 0. The largest absolute Gasteiger partial charge is 0.368 e. The van der Waals surface area contributed by atoms with Crippen LogP contribution in [0, 0.1) is 0 Å². The van der Waals surface area contributed by atoms with E-state index in [1.165, 1.54) is 7.11 Å². The van der Waals surface area contributed by atoms with Crippen molar-refractivity contribution in [3.63, 3.8) is 0 Å². The summed E-state index contributed by atoms with van der Waals surface area (Å²) < 4.78 is 14.6. The van der Waals surface area contributed by atoms with Crippen molar-refractivity contribution in [2.75, 3.05) is 13.0 Å². The predicted molar refractivity (Wildman–Crippen MR) is 33.6 cm³/mol. The molecule has 0 fully saturated rings. The number of hydrogen-bond acceptors (Lipinski definition) is 2. The first-order valence-corrected chi connectivity index (χ1v) is 4.38. The van der Waals surface area contributed by atoms with Gasteiger partial charge < -0.3 is 14.5 Å². The Kier molecular flexibility index (Phi) is 3.70. The van der Waals surface area contributed by atoms with Gasteiger partial charge in [-0.05, 0) is 0 Å². The van der Waals surface area contributed by atoms with Crippen LogP contribution in [0.4, 0.5) is 0 Å². The first-order valence-electron chi connectivity index (χ1n) is 2.16. The highest BCUT2D eigenvalue weighted by Crippen LogP contribution is 2.41. The van der Waals surface area contributed by atoms with Crippen LogP contribution in [0.15, 0.2) is 0 Å². The number of halogens is 1. The van der Waals surface area contributed by atoms with E-state index >= 15 is 0 Å². The SMILES string of the molecule is COC(CCl)P(=O)(O)O. The van der Waals surface area contributed by atoms with E-state index in [9.17, 15) is 4.57 Å². The molecule has 56 valence electrons. The average molecular weight is 175 g/mol. The second-order valence-corrected chi connectivity index (χ2v) is 3.50. The normalized spacial score (nSPS) is 15.6. The van der Waals surface area contributed by atoms with E-state index in [1.54, 1.807) is 0 Å². The van der Waals surface area contributed by atoms with Gasteiger partial charge in [0.15, 0.2) is 5.85 Å². The lowest BCUT2D eigenvalue weighted by Gasteiger charge is -2.12. The lowest BCUT2D eigenvalue weighted by Crippen LogP contribution is -2.11. The van der Waals surface area contributed by atoms with Crippen molar-refractivity contribution in [1.29, 1.82) is 0 Å². The molecule has 0 aliphatic heterocycles. The zero-order chi connectivity index (χ0) is 7.49. The molecule has 1 unspecified atom stereocenters. The summed E-state index contributed by atoms with van der Waals surface area (Å²) in [6.45, 7) is 0. The number of methoxy groups -OCH3 is 1. The lowest BCUT2D eigenvalue weighted by molar-refractivity contribution is 0.151. The van der Waals surface area contributed by atoms with Crippen molar-refractivity contribution in [3.05, 3.63) is 0 Å². The van der Waals surface area contributed by atoms with Gasteiger partial charge in [0, 0.05) is 7.11 Å². The minimum absolute atomic E-state index is 0.194. The molecule has 4 nitrogen and oxygen atoms in total. The van der Waals surface area contributed by atoms with E-state index < -0.39 is 13.4 Å². The maximum absolute atomic E-state index is 10.3. The zero-order valence-corrected chi connectivity index (χ0v) is 6.47. The van der Waals surface area contributed by atoms with Crippen LogP contribution in [0.2, 0.25) is 0 Å². The van der Waals surface area contributed by atoms with Gasteiger partial charge in [-0.3, -0.25) is 4.57 Å². The second-order valence-electron chi connectivity index (χ2n) is 1.43. The molecule has 0 heterocycles. The fraction of sp³-hybridized carbons (Fsp3) is 1.00. The predicted octanol–water partition coefficient (Wildman–Crippen LogP) is 0.375. The van der Waals surface area contributed by atoms with E-state index in [1.807, 2.05) is 0 Å². The number of alkyl halides is 1. The Morgan fingerprint density at radius 1 is 1.78 bits per heavy atom. The summed E-state index contributed by atoms with van der Waals surface area (Å²) in [6.07, 6.45) is 0. The van der Waals surface area contributed by atoms with Gasteiger partial charge in [0.25, 0.3) is 0 Å². The first kappa shape index (κ1) is 9.40. The first-order chi connectivity index (χ1) is 4.02. The zero-order valence-electron chi connectivity index (χ0n) is 4.82. The summed E-state index contributed by atoms with van der Waals surface area (Å²) >= 11 is 5.14. The van der Waals surface area contributed by atoms with Gasteiger partial charge in [-0.2, -0.15) is 0 Å². The Balaban J connectivity index is 3.96. The maximum atomic E-state index is 10.3. The summed E-state index contributed by atoms with van der Waals surface area (Å²) in [5.74, 6) is -1.36. The molecule has 9 heavy (non-hydrogen) atoms. The maximum Gasteiger partial charge on any atom is 0.355 e. The van der Waals surface area contributed by atoms with Crippen molar-refractivity contribution in [2.24, 2.45) is 0 Å². The van der Waals surface area contributed by atoms with Crippen molar-refractivity contribution in [1.82, 2.24) is 0 Å². The van der Waals surface area contributed by atoms with Crippen molar-refractivity contribution in [3.8, 4) is 0 Å². The summed E-state index contributed by atoms with van der Waals surface area (Å²) in [5, 5.41) is 0. The van der Waals surface area contributed by atoms with Crippen molar-refractivity contribution < 1.29 is 19.1 Å². The molecule has 1 atom stereocenters. The molecule has 0 spiro atoms. The Bertz CT molecular complexity index is 117. The molecular weight excluding hydrogens is 166 g/mol. The molecule has 0 saturated heterocycles. The third-order valence-corrected chi connectivity index (χ3v) is 2.42. The summed E-state index contributed by atoms with van der Waals surface area (Å²) in [7, 11) is -2.93. The quantitative estimate of drug-likeness (QED) is 0.479. The fourth-order valence-electron chi connectivity index (χ4n) is 0.290. The minimum atomic E-state index is -4.13. The molecule has 0 saturated carbocycles. The molecule has 0 radical (unpaired) electrons. The molecule has 0 aliphatic rings. The van der Waals surface area contributed by atoms with E-state index in [0.29, 0.717) is 0 Å². The Morgan fingerprint density at radius 2 is 2.22 bits per heavy atom. The van der Waals surface area contributed by atoms with Gasteiger partial charge >= 0.3 is 7.60 Å². The molecule has 0 aromatic heterocycles. The Morgan fingerprint density at radius 3 is 2.22 bits per heavy atom. The molecule has 0 amide bonds. The van der Waals surface area contributed by atoms with Gasteiger partial charge in [0.2, 0.25) is 0 Å². The van der Waals surface area contributed by atoms with Crippen LogP contribution in [0.25, 0.3) is 0 Å². The monoisotopic (exact) mass is 174 g/mol. The molecular formula is C3H8ClO4P. The van der Waals surface area contributed by atoms with Gasteiger partial charge in [0.05, 0.1) is 5.88 Å². The molecule has 0 aromatic carbocycles. The van der Waals surface area contributed by atoms with Crippen LogP contribution >= 0.6 is 19.2 Å². The lowest BCUT2D eigenvalue weighted by atomic mass is 10.8. The third-order valence-electron chi connectivity index (χ3n) is 0.779. The number of hydrogen-bond donors (Lipinski definition) is 2. The van der Waals surface area contributed by atoms with Gasteiger partial charge in [-0.25, -0.2) is 0 Å².